The molecule has 1 atom stereocenters. The molecule has 1 N–H and O–H groups in total. The van der Waals surface area contributed by atoms with Gasteiger partial charge in [-0.3, -0.25) is 0 Å². The second-order valence-corrected chi connectivity index (χ2v) is 8.76. The zero-order chi connectivity index (χ0) is 14.6. The zero-order valence-corrected chi connectivity index (χ0v) is 13.8. The molecular weight excluding hydrogens is 260 g/mol. The van der Waals surface area contributed by atoms with Gasteiger partial charge in [0.1, 0.15) is 0 Å². The minimum absolute atomic E-state index is 0.197. The lowest BCUT2D eigenvalue weighted by molar-refractivity contribution is 0.244. The highest BCUT2D eigenvalue weighted by molar-refractivity contribution is 7.89. The van der Waals surface area contributed by atoms with Gasteiger partial charge >= 0.3 is 0 Å². The molecule has 5 heteroatoms. The quantitative estimate of drug-likeness (QED) is 0.816. The fraction of sp³-hybridized carbons (Fsp3) is 1.00. The van der Waals surface area contributed by atoms with Crippen LogP contribution in [-0.2, 0) is 10.0 Å². The van der Waals surface area contributed by atoms with Crippen LogP contribution in [0, 0.1) is 5.92 Å². The molecule has 4 nitrogen and oxygen atoms in total. The number of nitrogens with zero attached hydrogens (tertiary/aromatic N) is 1. The summed E-state index contributed by atoms with van der Waals surface area (Å²) in [5.41, 5.74) is 0. The third-order valence-electron chi connectivity index (χ3n) is 4.22. The van der Waals surface area contributed by atoms with Gasteiger partial charge in [0.15, 0.2) is 0 Å². The van der Waals surface area contributed by atoms with Crippen molar-refractivity contribution in [1.82, 2.24) is 9.62 Å². The molecule has 19 heavy (non-hydrogen) atoms. The molecule has 1 saturated carbocycles. The SMILES string of the molecule is CC1CCC(N(C)S(=O)(=O)C(C)CNC(C)C)CC1. The van der Waals surface area contributed by atoms with Crippen LogP contribution in [-0.4, -0.2) is 43.6 Å². The molecule has 0 heterocycles. The van der Waals surface area contributed by atoms with E-state index in [1.807, 2.05) is 13.8 Å². The van der Waals surface area contributed by atoms with Gasteiger partial charge in [0.05, 0.1) is 5.25 Å². The van der Waals surface area contributed by atoms with E-state index in [0.717, 1.165) is 31.6 Å². The molecule has 1 rings (SSSR count). The Morgan fingerprint density at radius 3 is 2.16 bits per heavy atom. The van der Waals surface area contributed by atoms with Crippen LogP contribution in [0.3, 0.4) is 0 Å². The summed E-state index contributed by atoms with van der Waals surface area (Å²) < 4.78 is 26.7. The third-order valence-corrected chi connectivity index (χ3v) is 6.51. The highest BCUT2D eigenvalue weighted by atomic mass is 32.2. The summed E-state index contributed by atoms with van der Waals surface area (Å²) in [7, 11) is -1.43. The molecule has 114 valence electrons. The molecule has 1 aliphatic carbocycles. The summed E-state index contributed by atoms with van der Waals surface area (Å²) in [6, 6.07) is 0.515. The van der Waals surface area contributed by atoms with E-state index in [4.69, 9.17) is 0 Å². The maximum absolute atomic E-state index is 12.5. The van der Waals surface area contributed by atoms with E-state index >= 15 is 0 Å². The Labute approximate surface area is 119 Å². The van der Waals surface area contributed by atoms with Crippen molar-refractivity contribution >= 4 is 10.0 Å². The van der Waals surface area contributed by atoms with Gasteiger partial charge in [-0.1, -0.05) is 20.8 Å². The monoisotopic (exact) mass is 290 g/mol. The third kappa shape index (κ3) is 4.72. The molecule has 0 aromatic rings. The molecule has 0 spiro atoms. The first-order chi connectivity index (χ1) is 8.75. The Hall–Kier alpha value is -0.130. The predicted octanol–water partition coefficient (Wildman–Crippen LogP) is 2.21. The molecule has 0 amide bonds. The summed E-state index contributed by atoms with van der Waals surface area (Å²) in [5.74, 6) is 0.743. The molecule has 0 bridgehead atoms. The molecule has 0 saturated heterocycles. The Kier molecular flexibility index (Phi) is 6.27. The second-order valence-electron chi connectivity index (χ2n) is 6.35. The average Bonchev–Trinajstić information content (AvgIpc) is 2.35. The van der Waals surface area contributed by atoms with Gasteiger partial charge in [-0.15, -0.1) is 0 Å². The molecule has 0 radical (unpaired) electrons. The van der Waals surface area contributed by atoms with E-state index in [9.17, 15) is 8.42 Å². The standard InChI is InChI=1S/C14H30N2O2S/c1-11(2)15-10-13(4)19(17,18)16(5)14-8-6-12(3)7-9-14/h11-15H,6-10H2,1-5H3. The van der Waals surface area contributed by atoms with Crippen molar-refractivity contribution in [3.63, 3.8) is 0 Å². The van der Waals surface area contributed by atoms with Crippen molar-refractivity contribution < 1.29 is 8.42 Å². The van der Waals surface area contributed by atoms with Crippen molar-refractivity contribution in [2.75, 3.05) is 13.6 Å². The first kappa shape index (κ1) is 16.9. The van der Waals surface area contributed by atoms with E-state index in [0.29, 0.717) is 12.6 Å². The van der Waals surface area contributed by atoms with Gasteiger partial charge < -0.3 is 5.32 Å². The van der Waals surface area contributed by atoms with Gasteiger partial charge in [0, 0.05) is 25.7 Å². The van der Waals surface area contributed by atoms with Crippen molar-refractivity contribution in [2.24, 2.45) is 5.92 Å². The van der Waals surface area contributed by atoms with E-state index in [-0.39, 0.29) is 11.3 Å². The smallest absolute Gasteiger partial charge is 0.217 e. The van der Waals surface area contributed by atoms with E-state index in [2.05, 4.69) is 12.2 Å². The van der Waals surface area contributed by atoms with Crippen molar-refractivity contribution in [1.29, 1.82) is 0 Å². The van der Waals surface area contributed by atoms with Crippen LogP contribution in [0.15, 0.2) is 0 Å². The molecule has 1 aliphatic rings. The predicted molar refractivity (Wildman–Crippen MR) is 80.7 cm³/mol. The summed E-state index contributed by atoms with van der Waals surface area (Å²) >= 11 is 0. The van der Waals surface area contributed by atoms with E-state index < -0.39 is 10.0 Å². The van der Waals surface area contributed by atoms with Gasteiger partial charge in [-0.25, -0.2) is 12.7 Å². The second kappa shape index (κ2) is 7.04. The summed E-state index contributed by atoms with van der Waals surface area (Å²) in [4.78, 5) is 0. The van der Waals surface area contributed by atoms with Crippen LogP contribution in [0.4, 0.5) is 0 Å². The largest absolute Gasteiger partial charge is 0.313 e. The number of hydrogen-bond acceptors (Lipinski definition) is 3. The van der Waals surface area contributed by atoms with Gasteiger partial charge in [-0.05, 0) is 38.5 Å². The van der Waals surface area contributed by atoms with Crippen LogP contribution < -0.4 is 5.32 Å². The summed E-state index contributed by atoms with van der Waals surface area (Å²) in [6.07, 6.45) is 4.29. The highest BCUT2D eigenvalue weighted by Crippen LogP contribution is 2.28. The topological polar surface area (TPSA) is 49.4 Å². The molecule has 1 fully saturated rings. The van der Waals surface area contributed by atoms with Crippen molar-refractivity contribution in [3.8, 4) is 0 Å². The number of rotatable bonds is 6. The van der Waals surface area contributed by atoms with Crippen molar-refractivity contribution in [3.05, 3.63) is 0 Å². The minimum atomic E-state index is -3.18. The maximum Gasteiger partial charge on any atom is 0.217 e. The van der Waals surface area contributed by atoms with Gasteiger partial charge in [-0.2, -0.15) is 0 Å². The minimum Gasteiger partial charge on any atom is -0.313 e. The average molecular weight is 290 g/mol. The Bertz CT molecular complexity index is 360. The Balaban J connectivity index is 2.60. The summed E-state index contributed by atoms with van der Waals surface area (Å²) in [6.45, 7) is 8.64. The fourth-order valence-electron chi connectivity index (χ4n) is 2.60. The molecular formula is C14H30N2O2S. The number of nitrogens with one attached hydrogen (secondary N) is 1. The Morgan fingerprint density at radius 1 is 1.16 bits per heavy atom. The maximum atomic E-state index is 12.5. The number of sulfonamides is 1. The molecule has 1 unspecified atom stereocenters. The van der Waals surface area contributed by atoms with Crippen LogP contribution in [0.25, 0.3) is 0 Å². The van der Waals surface area contributed by atoms with Crippen molar-refractivity contribution in [2.45, 2.75) is 70.7 Å². The normalized spacial score (nSPS) is 26.9. The fourth-order valence-corrected chi connectivity index (χ4v) is 4.11. The molecule has 0 aromatic carbocycles. The van der Waals surface area contributed by atoms with E-state index in [1.165, 1.54) is 0 Å². The van der Waals surface area contributed by atoms with Crippen LogP contribution in [0.1, 0.15) is 53.4 Å². The Morgan fingerprint density at radius 2 is 1.68 bits per heavy atom. The highest BCUT2D eigenvalue weighted by Gasteiger charge is 2.32. The van der Waals surface area contributed by atoms with Crippen LogP contribution in [0.2, 0.25) is 0 Å². The lowest BCUT2D eigenvalue weighted by atomic mass is 9.87. The van der Waals surface area contributed by atoms with Gasteiger partial charge in [0.2, 0.25) is 10.0 Å². The van der Waals surface area contributed by atoms with Crippen LogP contribution in [0.5, 0.6) is 0 Å². The van der Waals surface area contributed by atoms with Gasteiger partial charge in [0.25, 0.3) is 0 Å². The van der Waals surface area contributed by atoms with Crippen LogP contribution >= 0.6 is 0 Å². The number of hydrogen-bond donors (Lipinski definition) is 1. The first-order valence-corrected chi connectivity index (χ1v) is 8.95. The zero-order valence-electron chi connectivity index (χ0n) is 13.0. The summed E-state index contributed by atoms with van der Waals surface area (Å²) in [5, 5.41) is 2.85. The lowest BCUT2D eigenvalue weighted by Crippen LogP contribution is -2.46. The molecule has 0 aromatic heterocycles. The molecule has 0 aliphatic heterocycles. The first-order valence-electron chi connectivity index (χ1n) is 7.45. The van der Waals surface area contributed by atoms with E-state index in [1.54, 1.807) is 18.3 Å². The lowest BCUT2D eigenvalue weighted by Gasteiger charge is -2.34.